The van der Waals surface area contributed by atoms with Crippen molar-refractivity contribution in [3.05, 3.63) is 63.6 Å². The van der Waals surface area contributed by atoms with E-state index in [0.717, 1.165) is 73.5 Å². The number of nitrogens with zero attached hydrogens (tertiary/aromatic N) is 6. The normalized spacial score (nSPS) is 21.5. The highest BCUT2D eigenvalue weighted by molar-refractivity contribution is 7.18. The molecule has 2 fully saturated rings. The first-order valence-corrected chi connectivity index (χ1v) is 21.7. The van der Waals surface area contributed by atoms with Crippen molar-refractivity contribution < 1.29 is 9.53 Å². The Morgan fingerprint density at radius 3 is 1.92 bits per heavy atom. The molecule has 8 nitrogen and oxygen atoms in total. The average molecular weight is 755 g/mol. The Kier molecular flexibility index (Phi) is 12.3. The standard InChI is InChI=1S/C24H33N3O2S.C19H25N3S/c1-17-7-9-20(27(16-17)23(28)29-24(2,3)4)18-8-10-21-19(15-18)25-22(30-21)11-14-26-12-5-6-13-26;1-14-4-6-16(20-13-14)15-5-7-18-17(12-15)21-19(23-18)8-11-22-9-2-3-10-22/h8-10,15,17H,5-7,11-14,16H2,1-4H3;5,7,12,14H,2-4,6,8-11,13H2,1H3/t17-;14-/m00/s1. The van der Waals surface area contributed by atoms with Gasteiger partial charge in [0.15, 0.2) is 0 Å². The van der Waals surface area contributed by atoms with E-state index in [9.17, 15) is 4.79 Å². The first-order chi connectivity index (χ1) is 25.6. The van der Waals surface area contributed by atoms with Gasteiger partial charge in [0.05, 0.1) is 36.1 Å². The summed E-state index contributed by atoms with van der Waals surface area (Å²) in [5, 5.41) is 2.48. The molecule has 2 atom stereocenters. The second-order valence-electron chi connectivity index (χ2n) is 16.6. The van der Waals surface area contributed by atoms with Crippen molar-refractivity contribution in [2.45, 2.75) is 98.0 Å². The van der Waals surface area contributed by atoms with Crippen molar-refractivity contribution in [2.24, 2.45) is 16.8 Å². The molecule has 0 aliphatic carbocycles. The molecule has 6 heterocycles. The zero-order valence-corrected chi connectivity index (χ0v) is 34.2. The molecule has 0 bridgehead atoms. The lowest BCUT2D eigenvalue weighted by atomic mass is 9.96. The van der Waals surface area contributed by atoms with Gasteiger partial charge in [0.25, 0.3) is 0 Å². The molecule has 0 spiro atoms. The minimum Gasteiger partial charge on any atom is -0.443 e. The third kappa shape index (κ3) is 10.1. The fourth-order valence-corrected chi connectivity index (χ4v) is 9.62. The molecule has 0 saturated carbocycles. The summed E-state index contributed by atoms with van der Waals surface area (Å²) >= 11 is 3.65. The highest BCUT2D eigenvalue weighted by Gasteiger charge is 2.29. The van der Waals surface area contributed by atoms with E-state index in [0.29, 0.717) is 12.5 Å². The molecule has 4 aliphatic rings. The Labute approximate surface area is 324 Å². The summed E-state index contributed by atoms with van der Waals surface area (Å²) in [6, 6.07) is 13.1. The third-order valence-electron chi connectivity index (χ3n) is 10.8. The van der Waals surface area contributed by atoms with Crippen molar-refractivity contribution in [3.8, 4) is 0 Å². The number of thiazole rings is 2. The van der Waals surface area contributed by atoms with Gasteiger partial charge < -0.3 is 14.5 Å². The van der Waals surface area contributed by atoms with Gasteiger partial charge in [-0.1, -0.05) is 32.1 Å². The van der Waals surface area contributed by atoms with Crippen molar-refractivity contribution in [3.63, 3.8) is 0 Å². The molecule has 2 saturated heterocycles. The Hall–Kier alpha value is -3.18. The zero-order valence-electron chi connectivity index (χ0n) is 32.5. The van der Waals surface area contributed by atoms with Crippen molar-refractivity contribution in [1.82, 2.24) is 24.7 Å². The monoisotopic (exact) mass is 754 g/mol. The fraction of sp³-hybridized carbons (Fsp3) is 0.581. The average Bonchev–Trinajstić information content (AvgIpc) is 3.96. The Balaban J connectivity index is 0.000000170. The van der Waals surface area contributed by atoms with Gasteiger partial charge in [0, 0.05) is 50.3 Å². The van der Waals surface area contributed by atoms with Gasteiger partial charge in [-0.15, -0.1) is 22.7 Å². The molecule has 53 heavy (non-hydrogen) atoms. The maximum absolute atomic E-state index is 12.9. The van der Waals surface area contributed by atoms with Crippen LogP contribution >= 0.6 is 22.7 Å². The molecular weight excluding hydrogens is 697 g/mol. The van der Waals surface area contributed by atoms with Crippen LogP contribution in [0.15, 0.2) is 47.5 Å². The quantitative estimate of drug-likeness (QED) is 0.178. The van der Waals surface area contributed by atoms with Gasteiger partial charge in [-0.25, -0.2) is 14.8 Å². The van der Waals surface area contributed by atoms with Crippen LogP contribution in [-0.2, 0) is 17.6 Å². The molecule has 0 unspecified atom stereocenters. The molecule has 4 aromatic rings. The second-order valence-corrected chi connectivity index (χ2v) is 18.9. The van der Waals surface area contributed by atoms with Crippen LogP contribution in [0.1, 0.15) is 101 Å². The third-order valence-corrected chi connectivity index (χ3v) is 12.9. The number of allylic oxidation sites excluding steroid dienone is 1. The van der Waals surface area contributed by atoms with E-state index >= 15 is 0 Å². The summed E-state index contributed by atoms with van der Waals surface area (Å²) in [6.07, 6.45) is 12.7. The maximum atomic E-state index is 12.9. The van der Waals surface area contributed by atoms with E-state index < -0.39 is 5.60 Å². The number of likely N-dealkylation sites (tertiary alicyclic amines) is 2. The van der Waals surface area contributed by atoms with E-state index in [-0.39, 0.29) is 6.09 Å². The van der Waals surface area contributed by atoms with Crippen molar-refractivity contribution in [1.29, 1.82) is 0 Å². The van der Waals surface area contributed by atoms with Gasteiger partial charge in [0.2, 0.25) is 0 Å². The number of hydrogen-bond donors (Lipinski definition) is 0. The van der Waals surface area contributed by atoms with Crippen LogP contribution < -0.4 is 0 Å². The van der Waals surface area contributed by atoms with E-state index in [1.807, 2.05) is 32.1 Å². The van der Waals surface area contributed by atoms with Gasteiger partial charge in [-0.05, 0) is 134 Å². The summed E-state index contributed by atoms with van der Waals surface area (Å²) in [4.78, 5) is 34.3. The molecule has 1 amide bonds. The van der Waals surface area contributed by atoms with Crippen LogP contribution in [0.2, 0.25) is 0 Å². The first-order valence-electron chi connectivity index (χ1n) is 20.0. The van der Waals surface area contributed by atoms with Gasteiger partial charge in [-0.2, -0.15) is 0 Å². The number of carbonyl (C=O) groups is 1. The Morgan fingerprint density at radius 2 is 1.38 bits per heavy atom. The number of fused-ring (bicyclic) bond motifs is 2. The van der Waals surface area contributed by atoms with Crippen molar-refractivity contribution >= 4 is 60.6 Å². The highest BCUT2D eigenvalue weighted by atomic mass is 32.1. The molecule has 4 aliphatic heterocycles. The lowest BCUT2D eigenvalue weighted by Crippen LogP contribution is -2.39. The van der Waals surface area contributed by atoms with Crippen LogP contribution in [0.3, 0.4) is 0 Å². The molecule has 10 heteroatoms. The van der Waals surface area contributed by atoms with Gasteiger partial charge in [0.1, 0.15) is 5.60 Å². The van der Waals surface area contributed by atoms with Crippen LogP contribution in [-0.4, -0.2) is 94.4 Å². The van der Waals surface area contributed by atoms with Crippen LogP contribution in [0.4, 0.5) is 4.79 Å². The summed E-state index contributed by atoms with van der Waals surface area (Å²) in [5.74, 6) is 1.15. The first kappa shape index (κ1) is 38.1. The molecule has 0 radical (unpaired) electrons. The molecular formula is C43H58N6O2S2. The molecule has 0 N–H and O–H groups in total. The number of amides is 1. The van der Waals surface area contributed by atoms with Crippen LogP contribution in [0.5, 0.6) is 0 Å². The predicted molar refractivity (Wildman–Crippen MR) is 222 cm³/mol. The number of rotatable bonds is 8. The smallest absolute Gasteiger partial charge is 0.414 e. The van der Waals surface area contributed by atoms with E-state index in [4.69, 9.17) is 19.7 Å². The number of aliphatic imine (C=N–C) groups is 1. The number of hydrogen-bond acceptors (Lipinski definition) is 9. The summed E-state index contributed by atoms with van der Waals surface area (Å²) in [5.41, 5.74) is 6.21. The van der Waals surface area contributed by atoms with E-state index in [2.05, 4.69) is 66.1 Å². The number of aromatic nitrogens is 2. The maximum Gasteiger partial charge on any atom is 0.414 e. The Morgan fingerprint density at radius 1 is 0.811 bits per heavy atom. The molecule has 2 aromatic heterocycles. The zero-order chi connectivity index (χ0) is 37.0. The lowest BCUT2D eigenvalue weighted by molar-refractivity contribution is 0.0327. The topological polar surface area (TPSA) is 74.2 Å². The molecule has 2 aromatic carbocycles. The van der Waals surface area contributed by atoms with Crippen molar-refractivity contribution in [2.75, 3.05) is 52.4 Å². The minimum atomic E-state index is -0.508. The molecule has 8 rings (SSSR count). The largest absolute Gasteiger partial charge is 0.443 e. The van der Waals surface area contributed by atoms with Crippen LogP contribution in [0, 0.1) is 11.8 Å². The number of carbonyl (C=O) groups excluding carboxylic acids is 1. The summed E-state index contributed by atoms with van der Waals surface area (Å²) in [7, 11) is 0. The second kappa shape index (κ2) is 17.1. The van der Waals surface area contributed by atoms with Crippen LogP contribution in [0.25, 0.3) is 26.1 Å². The van der Waals surface area contributed by atoms with Gasteiger partial charge in [-0.3, -0.25) is 9.89 Å². The Bertz CT molecular complexity index is 1930. The highest BCUT2D eigenvalue weighted by Crippen LogP contribution is 2.33. The van der Waals surface area contributed by atoms with Gasteiger partial charge >= 0.3 is 6.09 Å². The lowest BCUT2D eigenvalue weighted by Gasteiger charge is -2.33. The number of benzene rings is 2. The minimum absolute atomic E-state index is 0.273. The molecule has 284 valence electrons. The number of ether oxygens (including phenoxy) is 1. The predicted octanol–water partition coefficient (Wildman–Crippen LogP) is 9.71. The fourth-order valence-electron chi connectivity index (χ4n) is 7.75. The SMILES string of the molecule is C[C@H]1CC=C(c2ccc3sc(CCN4CCCC4)nc3c2)N(C(=O)OC(C)(C)C)C1.C[C@H]1CCC(c2ccc3sc(CCN4CCCC4)nc3c2)=NC1. The van der Waals surface area contributed by atoms with E-state index in [1.54, 1.807) is 16.2 Å². The summed E-state index contributed by atoms with van der Waals surface area (Å²) < 4.78 is 8.20. The summed E-state index contributed by atoms with van der Waals surface area (Å²) in [6.45, 7) is 19.1. The van der Waals surface area contributed by atoms with E-state index in [1.165, 1.54) is 89.0 Å².